The number of pyridine rings is 2. The number of aromatic nitrogens is 2. The summed E-state index contributed by atoms with van der Waals surface area (Å²) in [5.41, 5.74) is 6.26. The van der Waals surface area contributed by atoms with E-state index in [4.69, 9.17) is 16.7 Å². The van der Waals surface area contributed by atoms with E-state index in [-0.39, 0.29) is 41.8 Å². The van der Waals surface area contributed by atoms with Crippen LogP contribution in [0.15, 0.2) is 51.9 Å². The lowest BCUT2D eigenvalue weighted by atomic mass is 9.95. The molecule has 10 heteroatoms. The molecule has 3 N–H and O–H groups in total. The molecule has 1 amide bonds. The zero-order chi connectivity index (χ0) is 27.0. The number of nitrogens with zero attached hydrogens (tertiary/aromatic N) is 2. The van der Waals surface area contributed by atoms with E-state index >= 15 is 0 Å². The van der Waals surface area contributed by atoms with Crippen LogP contribution in [-0.4, -0.2) is 41.3 Å². The van der Waals surface area contributed by atoms with Crippen LogP contribution in [0.3, 0.4) is 0 Å². The summed E-state index contributed by atoms with van der Waals surface area (Å²) >= 11 is 6.56. The van der Waals surface area contributed by atoms with Crippen molar-refractivity contribution in [2.75, 3.05) is 7.15 Å². The minimum absolute atomic E-state index is 0. The molecule has 226 valence electrons. The van der Waals surface area contributed by atoms with Gasteiger partial charge in [0.15, 0.2) is 0 Å². The molecule has 4 rings (SSSR count). The third kappa shape index (κ3) is 26.0. The molecule has 2 heterocycles. The second kappa shape index (κ2) is 32.2. The van der Waals surface area contributed by atoms with Crippen LogP contribution in [0.5, 0.6) is 0 Å². The van der Waals surface area contributed by atoms with Crippen LogP contribution in [0.1, 0.15) is 106 Å². The van der Waals surface area contributed by atoms with Gasteiger partial charge in [-0.05, 0) is 75.7 Å². The fraction of sp³-hybridized carbons (Fsp3) is 0.586. The SMILES string of the molecule is Brc1cccnc1.C.C.C.C.NC1CCCCC1.O=C(NC1CCCCC1)c1cncc(Br)c1.O=C=O.[2H]CF. The van der Waals surface area contributed by atoms with Gasteiger partial charge in [-0.2, -0.15) is 9.59 Å². The van der Waals surface area contributed by atoms with Crippen molar-refractivity contribution in [1.29, 1.82) is 0 Å². The lowest BCUT2D eigenvalue weighted by Gasteiger charge is -2.22. The van der Waals surface area contributed by atoms with Crippen LogP contribution in [0.4, 0.5) is 4.39 Å². The molecule has 0 unspecified atom stereocenters. The predicted octanol–water partition coefficient (Wildman–Crippen LogP) is 8.58. The molecule has 0 bridgehead atoms. The van der Waals surface area contributed by atoms with Crippen molar-refractivity contribution in [2.45, 2.75) is 106 Å². The average molecular weight is 684 g/mol. The molecule has 0 saturated heterocycles. The van der Waals surface area contributed by atoms with Crippen LogP contribution in [0, 0.1) is 0 Å². The van der Waals surface area contributed by atoms with Crippen molar-refractivity contribution in [2.24, 2.45) is 5.73 Å². The van der Waals surface area contributed by atoms with Gasteiger partial charge in [-0.3, -0.25) is 19.2 Å². The van der Waals surface area contributed by atoms with Gasteiger partial charge < -0.3 is 11.1 Å². The third-order valence-corrected chi connectivity index (χ3v) is 6.09. The van der Waals surface area contributed by atoms with Gasteiger partial charge in [0, 0.05) is 45.8 Å². The van der Waals surface area contributed by atoms with Crippen molar-refractivity contribution in [3.05, 3.63) is 57.5 Å². The maximum Gasteiger partial charge on any atom is 0.373 e. The van der Waals surface area contributed by atoms with E-state index in [0.29, 0.717) is 17.6 Å². The van der Waals surface area contributed by atoms with Gasteiger partial charge in [0.2, 0.25) is 0 Å². The number of hydrogen-bond acceptors (Lipinski definition) is 6. The highest BCUT2D eigenvalue weighted by atomic mass is 79.9. The Morgan fingerprint density at radius 3 is 1.79 bits per heavy atom. The number of nitrogens with two attached hydrogens (primary N) is 1. The summed E-state index contributed by atoms with van der Waals surface area (Å²) in [6, 6.07) is 6.50. The van der Waals surface area contributed by atoms with Crippen LogP contribution < -0.4 is 11.1 Å². The molecular weight excluding hydrogens is 631 g/mol. The van der Waals surface area contributed by atoms with Gasteiger partial charge in [-0.1, -0.05) is 68.2 Å². The Hall–Kier alpha value is -2.00. The molecule has 0 aliphatic heterocycles. The van der Waals surface area contributed by atoms with Gasteiger partial charge in [-0.25, -0.2) is 0 Å². The zero-order valence-corrected chi connectivity index (χ0v) is 23.0. The van der Waals surface area contributed by atoms with Gasteiger partial charge in [0.1, 0.15) is 0 Å². The number of hydrogen-bond donors (Lipinski definition) is 2. The third-order valence-electron chi connectivity index (χ3n) is 5.18. The topological polar surface area (TPSA) is 115 Å². The molecule has 2 fully saturated rings. The molecular formula is C29H51Br2FN4O3. The number of nitrogens with one attached hydrogen (secondary N) is 1. The normalized spacial score (nSPS) is 13.8. The van der Waals surface area contributed by atoms with Crippen LogP contribution in [0.25, 0.3) is 0 Å². The summed E-state index contributed by atoms with van der Waals surface area (Å²) in [5, 5.41) is 3.06. The van der Waals surface area contributed by atoms with Gasteiger partial charge in [0.05, 0.1) is 14.1 Å². The maximum absolute atomic E-state index is 11.9. The van der Waals surface area contributed by atoms with E-state index in [1.54, 1.807) is 30.9 Å². The molecule has 2 aromatic rings. The first-order valence-electron chi connectivity index (χ1n) is 12.2. The van der Waals surface area contributed by atoms with E-state index in [9.17, 15) is 9.18 Å². The smallest absolute Gasteiger partial charge is 0.349 e. The second-order valence-electron chi connectivity index (χ2n) is 7.85. The largest absolute Gasteiger partial charge is 0.373 e. The summed E-state index contributed by atoms with van der Waals surface area (Å²) < 4.78 is 17.4. The highest BCUT2D eigenvalue weighted by Crippen LogP contribution is 2.18. The lowest BCUT2D eigenvalue weighted by Crippen LogP contribution is -2.36. The molecule has 39 heavy (non-hydrogen) atoms. The first kappa shape index (κ1) is 44.0. The van der Waals surface area contributed by atoms with Gasteiger partial charge in [-0.15, -0.1) is 0 Å². The Bertz CT molecular complexity index is 852. The summed E-state index contributed by atoms with van der Waals surface area (Å²) in [5.74, 6) is -0.0132. The first-order chi connectivity index (χ1) is 17.4. The Morgan fingerprint density at radius 2 is 1.44 bits per heavy atom. The number of alkyl halides is 1. The molecule has 2 aliphatic carbocycles. The molecule has 0 atom stereocenters. The summed E-state index contributed by atoms with van der Waals surface area (Å²) in [6.45, 7) is 0. The summed E-state index contributed by atoms with van der Waals surface area (Å²) in [6.07, 6.45) is 19.6. The Balaban J connectivity index is -0.000000145. The monoisotopic (exact) mass is 681 g/mol. The molecule has 0 aromatic carbocycles. The van der Waals surface area contributed by atoms with Crippen molar-refractivity contribution >= 4 is 43.9 Å². The molecule has 7 nitrogen and oxygen atoms in total. The van der Waals surface area contributed by atoms with Gasteiger partial charge in [0.25, 0.3) is 5.91 Å². The van der Waals surface area contributed by atoms with Crippen LogP contribution in [-0.2, 0) is 9.59 Å². The highest BCUT2D eigenvalue weighted by Gasteiger charge is 2.16. The number of halogens is 3. The van der Waals surface area contributed by atoms with Crippen LogP contribution >= 0.6 is 31.9 Å². The van der Waals surface area contributed by atoms with Crippen molar-refractivity contribution in [3.8, 4) is 0 Å². The van der Waals surface area contributed by atoms with Gasteiger partial charge >= 0.3 is 6.15 Å². The molecule has 2 aliphatic rings. The lowest BCUT2D eigenvalue weighted by molar-refractivity contribution is -0.191. The summed E-state index contributed by atoms with van der Waals surface area (Å²) in [7, 11) is -1.00. The Kier molecular flexibility index (Phi) is 36.4. The zero-order valence-electron chi connectivity index (χ0n) is 20.8. The number of rotatable bonds is 2. The van der Waals surface area contributed by atoms with Crippen molar-refractivity contribution in [3.63, 3.8) is 0 Å². The Labute approximate surface area is 255 Å². The standard InChI is InChI=1S/C12H15BrN2O.C6H13N.C5H4BrN.CH3F.CO2.4CH4/c13-10-6-9(7-14-8-10)12(16)15-11-4-2-1-3-5-11;7-6-4-2-1-3-5-6;6-5-2-1-3-7-4-5;1-2;2-1-3;;;;/h6-8,11H,1-5H2,(H,15,16);6H,1-5,7H2;1-4H;1H3;;4*1H4/i;;;1D;;;;;. The predicted molar refractivity (Wildman–Crippen MR) is 168 cm³/mol. The highest BCUT2D eigenvalue weighted by molar-refractivity contribution is 9.10. The van der Waals surface area contributed by atoms with Crippen molar-refractivity contribution < 1.29 is 20.1 Å². The maximum atomic E-state index is 11.9. The average Bonchev–Trinajstić information content (AvgIpc) is 2.87. The second-order valence-corrected chi connectivity index (χ2v) is 9.68. The fourth-order valence-electron chi connectivity index (χ4n) is 3.53. The van der Waals surface area contributed by atoms with Crippen LogP contribution in [0.2, 0.25) is 0 Å². The number of carbonyl (C=O) groups is 1. The van der Waals surface area contributed by atoms with E-state index < -0.39 is 7.15 Å². The van der Waals surface area contributed by atoms with E-state index in [1.807, 2.05) is 12.1 Å². The van der Waals surface area contributed by atoms with E-state index in [2.05, 4.69) is 47.1 Å². The summed E-state index contributed by atoms with van der Waals surface area (Å²) in [4.78, 5) is 36.0. The first-order valence-corrected chi connectivity index (χ1v) is 13.0. The minimum Gasteiger partial charge on any atom is -0.349 e. The van der Waals surface area contributed by atoms with Crippen molar-refractivity contribution in [1.82, 2.24) is 15.3 Å². The number of amides is 1. The Morgan fingerprint density at radius 1 is 0.949 bits per heavy atom. The molecule has 0 spiro atoms. The quantitative estimate of drug-likeness (QED) is 0.328. The van der Waals surface area contributed by atoms with E-state index in [1.165, 1.54) is 51.4 Å². The molecule has 0 radical (unpaired) electrons. The molecule has 2 aromatic heterocycles. The minimum atomic E-state index is -1.00. The fourth-order valence-corrected chi connectivity index (χ4v) is 4.16. The number of carbonyl (C=O) groups excluding carboxylic acids is 3. The van der Waals surface area contributed by atoms with E-state index in [0.717, 1.165) is 21.8 Å². The molecule has 2 saturated carbocycles.